The summed E-state index contributed by atoms with van der Waals surface area (Å²) in [6.45, 7) is 0. The fourth-order valence-electron chi connectivity index (χ4n) is 3.32. The van der Waals surface area contributed by atoms with Gasteiger partial charge in [0.05, 0.1) is 0 Å². The molecule has 0 saturated heterocycles. The van der Waals surface area contributed by atoms with Crippen LogP contribution in [0, 0.1) is 11.8 Å². The quantitative estimate of drug-likeness (QED) is 0.782. The Morgan fingerprint density at radius 2 is 1.80 bits per heavy atom. The number of hydrogen-bond donors (Lipinski definition) is 1. The second-order valence-corrected chi connectivity index (χ2v) is 5.18. The fraction of sp³-hybridized carbons (Fsp3) is 0.571. The average Bonchev–Trinajstić information content (AvgIpc) is 2.96. The highest BCUT2D eigenvalue weighted by Gasteiger charge is 2.46. The van der Waals surface area contributed by atoms with Crippen LogP contribution in [0.4, 0.5) is 0 Å². The summed E-state index contributed by atoms with van der Waals surface area (Å²) in [7, 11) is 0. The molecule has 2 fully saturated rings. The zero-order valence-corrected chi connectivity index (χ0v) is 9.10. The van der Waals surface area contributed by atoms with Crippen LogP contribution in [-0.2, 0) is 0 Å². The maximum absolute atomic E-state index is 6.16. The fourth-order valence-corrected chi connectivity index (χ4v) is 3.32. The van der Waals surface area contributed by atoms with Gasteiger partial charge in [0.15, 0.2) is 0 Å². The first-order valence-electron chi connectivity index (χ1n) is 6.17. The molecule has 1 heteroatoms. The molecule has 1 aromatic rings. The van der Waals surface area contributed by atoms with E-state index in [1.54, 1.807) is 0 Å². The Hall–Kier alpha value is -0.820. The minimum Gasteiger partial charge on any atom is -0.327 e. The predicted molar refractivity (Wildman–Crippen MR) is 62.6 cm³/mol. The van der Waals surface area contributed by atoms with Gasteiger partial charge in [-0.1, -0.05) is 36.8 Å². The van der Waals surface area contributed by atoms with Crippen LogP contribution in [0.15, 0.2) is 30.3 Å². The Balaban J connectivity index is 1.69. The Morgan fingerprint density at radius 3 is 2.47 bits per heavy atom. The lowest BCUT2D eigenvalue weighted by atomic mass is 9.95. The third-order valence-corrected chi connectivity index (χ3v) is 4.24. The SMILES string of the molecule is NC1CCCC1C1CC1c1ccccc1. The van der Waals surface area contributed by atoms with E-state index < -0.39 is 0 Å². The summed E-state index contributed by atoms with van der Waals surface area (Å²) in [5.41, 5.74) is 7.69. The van der Waals surface area contributed by atoms with Crippen LogP contribution in [0.3, 0.4) is 0 Å². The number of benzene rings is 1. The highest BCUT2D eigenvalue weighted by Crippen LogP contribution is 2.55. The normalized spacial score (nSPS) is 39.3. The van der Waals surface area contributed by atoms with Crippen LogP contribution < -0.4 is 5.73 Å². The maximum atomic E-state index is 6.16. The predicted octanol–water partition coefficient (Wildman–Crippen LogP) is 2.92. The smallest absolute Gasteiger partial charge is 0.00700 e. The van der Waals surface area contributed by atoms with E-state index in [-0.39, 0.29) is 0 Å². The average molecular weight is 201 g/mol. The molecule has 1 aromatic carbocycles. The molecule has 3 rings (SSSR count). The molecule has 2 aliphatic carbocycles. The molecule has 4 unspecified atom stereocenters. The lowest BCUT2D eigenvalue weighted by Crippen LogP contribution is -2.26. The van der Waals surface area contributed by atoms with E-state index in [1.165, 1.54) is 31.2 Å². The van der Waals surface area contributed by atoms with Gasteiger partial charge >= 0.3 is 0 Å². The van der Waals surface area contributed by atoms with Crippen molar-refractivity contribution in [1.29, 1.82) is 0 Å². The molecule has 0 heterocycles. The molecule has 0 aliphatic heterocycles. The van der Waals surface area contributed by atoms with Crippen molar-refractivity contribution >= 4 is 0 Å². The summed E-state index contributed by atoms with van der Waals surface area (Å²) >= 11 is 0. The molecule has 0 bridgehead atoms. The molecular weight excluding hydrogens is 182 g/mol. The van der Waals surface area contributed by atoms with Crippen LogP contribution in [0.1, 0.15) is 37.2 Å². The summed E-state index contributed by atoms with van der Waals surface area (Å²) in [5, 5.41) is 0. The molecule has 2 N–H and O–H groups in total. The first kappa shape index (κ1) is 9.41. The van der Waals surface area contributed by atoms with E-state index in [0.717, 1.165) is 17.8 Å². The zero-order chi connectivity index (χ0) is 10.3. The second-order valence-electron chi connectivity index (χ2n) is 5.18. The lowest BCUT2D eigenvalue weighted by molar-refractivity contribution is 0.417. The minimum absolute atomic E-state index is 0.490. The van der Waals surface area contributed by atoms with Gasteiger partial charge in [-0.3, -0.25) is 0 Å². The van der Waals surface area contributed by atoms with Gasteiger partial charge in [-0.05, 0) is 42.6 Å². The Morgan fingerprint density at radius 1 is 1.00 bits per heavy atom. The van der Waals surface area contributed by atoms with Crippen molar-refractivity contribution in [2.45, 2.75) is 37.6 Å². The second kappa shape index (κ2) is 3.64. The molecule has 4 atom stereocenters. The standard InChI is InChI=1S/C14H19N/c15-14-8-4-7-11(14)13-9-12(13)10-5-2-1-3-6-10/h1-3,5-6,11-14H,4,7-9,15H2. The van der Waals surface area contributed by atoms with Crippen molar-refractivity contribution < 1.29 is 0 Å². The van der Waals surface area contributed by atoms with Crippen molar-refractivity contribution in [1.82, 2.24) is 0 Å². The first-order chi connectivity index (χ1) is 7.36. The summed E-state index contributed by atoms with van der Waals surface area (Å²) in [5.74, 6) is 2.53. The molecular formula is C14H19N. The van der Waals surface area contributed by atoms with Crippen molar-refractivity contribution in [3.63, 3.8) is 0 Å². The monoisotopic (exact) mass is 201 g/mol. The lowest BCUT2D eigenvalue weighted by Gasteiger charge is -2.14. The van der Waals surface area contributed by atoms with Crippen molar-refractivity contribution in [2.24, 2.45) is 17.6 Å². The van der Waals surface area contributed by atoms with Crippen LogP contribution in [0.5, 0.6) is 0 Å². The summed E-state index contributed by atoms with van der Waals surface area (Å²) in [6, 6.07) is 11.4. The number of rotatable bonds is 2. The van der Waals surface area contributed by atoms with Gasteiger partial charge in [0.1, 0.15) is 0 Å². The molecule has 1 nitrogen and oxygen atoms in total. The van der Waals surface area contributed by atoms with Crippen molar-refractivity contribution in [3.8, 4) is 0 Å². The molecule has 0 radical (unpaired) electrons. The molecule has 0 spiro atoms. The van der Waals surface area contributed by atoms with Gasteiger partial charge < -0.3 is 5.73 Å². The Labute approximate surface area is 91.7 Å². The zero-order valence-electron chi connectivity index (χ0n) is 9.10. The molecule has 0 aromatic heterocycles. The highest BCUT2D eigenvalue weighted by atomic mass is 14.7. The van der Waals surface area contributed by atoms with Gasteiger partial charge in [-0.15, -0.1) is 0 Å². The van der Waals surface area contributed by atoms with Crippen molar-refractivity contribution in [3.05, 3.63) is 35.9 Å². The van der Waals surface area contributed by atoms with Gasteiger partial charge in [0.2, 0.25) is 0 Å². The van der Waals surface area contributed by atoms with Gasteiger partial charge in [0, 0.05) is 6.04 Å². The summed E-state index contributed by atoms with van der Waals surface area (Å²) in [4.78, 5) is 0. The van der Waals surface area contributed by atoms with E-state index >= 15 is 0 Å². The highest BCUT2D eigenvalue weighted by molar-refractivity contribution is 5.26. The Bertz CT molecular complexity index is 332. The number of hydrogen-bond acceptors (Lipinski definition) is 1. The van der Waals surface area contributed by atoms with Crippen LogP contribution in [0.25, 0.3) is 0 Å². The van der Waals surface area contributed by atoms with Gasteiger partial charge in [-0.25, -0.2) is 0 Å². The van der Waals surface area contributed by atoms with E-state index in [0.29, 0.717) is 6.04 Å². The van der Waals surface area contributed by atoms with E-state index in [9.17, 15) is 0 Å². The van der Waals surface area contributed by atoms with Crippen LogP contribution in [0.2, 0.25) is 0 Å². The van der Waals surface area contributed by atoms with Gasteiger partial charge in [-0.2, -0.15) is 0 Å². The van der Waals surface area contributed by atoms with Crippen LogP contribution >= 0.6 is 0 Å². The Kier molecular flexibility index (Phi) is 2.28. The summed E-state index contributed by atoms with van der Waals surface area (Å²) in [6.07, 6.45) is 5.35. The van der Waals surface area contributed by atoms with E-state index in [2.05, 4.69) is 30.3 Å². The first-order valence-corrected chi connectivity index (χ1v) is 6.17. The largest absolute Gasteiger partial charge is 0.327 e. The third-order valence-electron chi connectivity index (χ3n) is 4.24. The molecule has 2 aliphatic rings. The van der Waals surface area contributed by atoms with Gasteiger partial charge in [0.25, 0.3) is 0 Å². The molecule has 2 saturated carbocycles. The summed E-state index contributed by atoms with van der Waals surface area (Å²) < 4.78 is 0. The van der Waals surface area contributed by atoms with Crippen molar-refractivity contribution in [2.75, 3.05) is 0 Å². The maximum Gasteiger partial charge on any atom is 0.00700 e. The molecule has 0 amide bonds. The number of nitrogens with two attached hydrogens (primary N) is 1. The van der Waals surface area contributed by atoms with Crippen LogP contribution in [-0.4, -0.2) is 6.04 Å². The van der Waals surface area contributed by atoms with E-state index in [4.69, 9.17) is 5.73 Å². The minimum atomic E-state index is 0.490. The van der Waals surface area contributed by atoms with E-state index in [1.807, 2.05) is 0 Å². The third kappa shape index (κ3) is 1.69. The molecule has 80 valence electrons. The topological polar surface area (TPSA) is 26.0 Å². The molecule has 15 heavy (non-hydrogen) atoms.